The van der Waals surface area contributed by atoms with Gasteiger partial charge in [-0.2, -0.15) is 13.2 Å². The first-order chi connectivity index (χ1) is 6.17. The number of rotatable bonds is 1. The summed E-state index contributed by atoms with van der Waals surface area (Å²) in [5.74, 6) is 3.36. The fourth-order valence-electron chi connectivity index (χ4n) is 0.407. The maximum Gasteiger partial charge on any atom is 0.428 e. The molecule has 0 spiro atoms. The van der Waals surface area contributed by atoms with Crippen molar-refractivity contribution in [1.29, 1.82) is 0 Å². The zero-order valence-corrected chi connectivity index (χ0v) is 7.14. The normalized spacial score (nSPS) is 14.9. The molecule has 0 bridgehead atoms. The van der Waals surface area contributed by atoms with Gasteiger partial charge in [-0.15, -0.1) is 0 Å². The Kier molecular flexibility index (Phi) is 3.77. The zero-order chi connectivity index (χ0) is 11.4. The number of aliphatic hydroxyl groups is 1. The maximum absolute atomic E-state index is 11.9. The lowest BCUT2D eigenvalue weighted by molar-refractivity contribution is -0.228. The Morgan fingerprint density at radius 1 is 1.50 bits per heavy atom. The third kappa shape index (κ3) is 4.00. The van der Waals surface area contributed by atoms with Gasteiger partial charge < -0.3 is 15.5 Å². The van der Waals surface area contributed by atoms with Gasteiger partial charge in [-0.1, -0.05) is 11.8 Å². The van der Waals surface area contributed by atoms with Crippen molar-refractivity contribution in [3.8, 4) is 11.8 Å². The molecule has 0 aliphatic rings. The number of amides is 1. The van der Waals surface area contributed by atoms with Gasteiger partial charge in [-0.05, 0) is 6.92 Å². The van der Waals surface area contributed by atoms with Crippen LogP contribution < -0.4 is 5.32 Å². The molecule has 14 heavy (non-hydrogen) atoms. The van der Waals surface area contributed by atoms with Crippen LogP contribution in [0.3, 0.4) is 0 Å². The van der Waals surface area contributed by atoms with Gasteiger partial charge in [0.25, 0.3) is 0 Å². The maximum atomic E-state index is 11.9. The minimum absolute atomic E-state index is 0.471. The molecule has 0 heterocycles. The van der Waals surface area contributed by atoms with E-state index in [2.05, 4.69) is 0 Å². The van der Waals surface area contributed by atoms with Crippen molar-refractivity contribution in [3.63, 3.8) is 0 Å². The van der Waals surface area contributed by atoms with Crippen LogP contribution in [0.25, 0.3) is 0 Å². The lowest BCUT2D eigenvalue weighted by Crippen LogP contribution is -2.40. The van der Waals surface area contributed by atoms with Crippen molar-refractivity contribution in [2.24, 2.45) is 0 Å². The van der Waals surface area contributed by atoms with Gasteiger partial charge in [-0.25, -0.2) is 4.79 Å². The molecule has 0 aromatic heterocycles. The molecule has 0 radical (unpaired) electrons. The van der Waals surface area contributed by atoms with Crippen molar-refractivity contribution < 1.29 is 28.2 Å². The highest BCUT2D eigenvalue weighted by atomic mass is 19.4. The summed E-state index contributed by atoms with van der Waals surface area (Å²) in [4.78, 5) is 9.86. The van der Waals surface area contributed by atoms with Gasteiger partial charge in [0.05, 0.1) is 6.54 Å². The molecule has 0 fully saturated rings. The molecular formula is C7H8F3NO3. The lowest BCUT2D eigenvalue weighted by Gasteiger charge is -2.19. The highest BCUT2D eigenvalue weighted by Crippen LogP contribution is 2.28. The quantitative estimate of drug-likeness (QED) is 0.555. The third-order valence-electron chi connectivity index (χ3n) is 1.21. The third-order valence-corrected chi connectivity index (χ3v) is 1.21. The van der Waals surface area contributed by atoms with Crippen molar-refractivity contribution in [1.82, 2.24) is 5.32 Å². The molecule has 0 aromatic carbocycles. The summed E-state index contributed by atoms with van der Waals surface area (Å²) in [5.41, 5.74) is -3.12. The first kappa shape index (κ1) is 12.6. The topological polar surface area (TPSA) is 69.6 Å². The molecule has 7 heteroatoms. The van der Waals surface area contributed by atoms with Gasteiger partial charge in [0, 0.05) is 0 Å². The second kappa shape index (κ2) is 4.19. The van der Waals surface area contributed by atoms with Crippen LogP contribution in [0, 0.1) is 11.8 Å². The number of carboxylic acid groups (broad SMARTS) is 1. The number of nitrogens with one attached hydrogen (secondary N) is 1. The highest BCUT2D eigenvalue weighted by molar-refractivity contribution is 5.64. The van der Waals surface area contributed by atoms with E-state index in [0.717, 1.165) is 0 Å². The first-order valence-electron chi connectivity index (χ1n) is 3.43. The molecule has 3 N–H and O–H groups in total. The van der Waals surface area contributed by atoms with E-state index in [0.29, 0.717) is 6.92 Å². The molecule has 0 saturated heterocycles. The van der Waals surface area contributed by atoms with Crippen LogP contribution in [0.1, 0.15) is 6.92 Å². The Morgan fingerprint density at radius 3 is 2.36 bits per heavy atom. The minimum Gasteiger partial charge on any atom is -0.465 e. The van der Waals surface area contributed by atoms with Gasteiger partial charge in [0.15, 0.2) is 0 Å². The van der Waals surface area contributed by atoms with E-state index in [9.17, 15) is 18.0 Å². The molecule has 1 atom stereocenters. The summed E-state index contributed by atoms with van der Waals surface area (Å²) >= 11 is 0. The Hall–Kier alpha value is -1.42. The van der Waals surface area contributed by atoms with Crippen molar-refractivity contribution in [2.45, 2.75) is 18.7 Å². The van der Waals surface area contributed by atoms with Crippen molar-refractivity contribution >= 4 is 6.09 Å². The SMILES string of the molecule is CC(O)(C#CCNC(=O)O)C(F)(F)F. The Bertz CT molecular complexity index is 274. The molecule has 80 valence electrons. The number of hydrogen-bond acceptors (Lipinski definition) is 2. The van der Waals surface area contributed by atoms with Crippen LogP contribution in [0.5, 0.6) is 0 Å². The molecule has 1 amide bonds. The van der Waals surface area contributed by atoms with Crippen LogP contribution in [-0.4, -0.2) is 34.6 Å². The lowest BCUT2D eigenvalue weighted by atomic mass is 10.1. The smallest absolute Gasteiger partial charge is 0.428 e. The summed E-state index contributed by atoms with van der Waals surface area (Å²) in [5, 5.41) is 18.5. The highest BCUT2D eigenvalue weighted by Gasteiger charge is 2.48. The van der Waals surface area contributed by atoms with E-state index in [1.165, 1.54) is 5.92 Å². The van der Waals surface area contributed by atoms with Crippen LogP contribution >= 0.6 is 0 Å². The Morgan fingerprint density at radius 2 is 2.00 bits per heavy atom. The van der Waals surface area contributed by atoms with E-state index in [-0.39, 0.29) is 0 Å². The number of halogens is 3. The summed E-state index contributed by atoms with van der Waals surface area (Å²) in [6.07, 6.45) is -6.26. The van der Waals surface area contributed by atoms with Gasteiger partial charge >= 0.3 is 12.3 Å². The van der Waals surface area contributed by atoms with Crippen LogP contribution in [0.15, 0.2) is 0 Å². The number of carbonyl (C=O) groups is 1. The van der Waals surface area contributed by atoms with Gasteiger partial charge in [0.2, 0.25) is 5.60 Å². The molecule has 0 aromatic rings. The van der Waals surface area contributed by atoms with E-state index in [4.69, 9.17) is 10.2 Å². The fourth-order valence-corrected chi connectivity index (χ4v) is 0.407. The molecule has 4 nitrogen and oxygen atoms in total. The zero-order valence-electron chi connectivity index (χ0n) is 7.14. The predicted molar refractivity (Wildman–Crippen MR) is 40.5 cm³/mol. The van der Waals surface area contributed by atoms with Crippen LogP contribution in [0.2, 0.25) is 0 Å². The summed E-state index contributed by atoms with van der Waals surface area (Å²) < 4.78 is 35.8. The number of alkyl halides is 3. The average Bonchev–Trinajstić information content (AvgIpc) is 1.95. The summed E-state index contributed by atoms with van der Waals surface area (Å²) in [7, 11) is 0. The Balaban J connectivity index is 4.28. The summed E-state index contributed by atoms with van der Waals surface area (Å²) in [6.45, 7) is 0.0162. The first-order valence-corrected chi connectivity index (χ1v) is 3.43. The second-order valence-electron chi connectivity index (χ2n) is 2.53. The van der Waals surface area contributed by atoms with E-state index >= 15 is 0 Å². The van der Waals surface area contributed by atoms with Gasteiger partial charge in [0.1, 0.15) is 0 Å². The van der Waals surface area contributed by atoms with E-state index < -0.39 is 24.4 Å². The fraction of sp³-hybridized carbons (Fsp3) is 0.571. The molecule has 1 unspecified atom stereocenters. The van der Waals surface area contributed by atoms with Crippen LogP contribution in [-0.2, 0) is 0 Å². The number of hydrogen-bond donors (Lipinski definition) is 3. The minimum atomic E-state index is -4.86. The largest absolute Gasteiger partial charge is 0.465 e. The van der Waals surface area contributed by atoms with Crippen molar-refractivity contribution in [3.05, 3.63) is 0 Å². The second-order valence-corrected chi connectivity index (χ2v) is 2.53. The van der Waals surface area contributed by atoms with Crippen LogP contribution in [0.4, 0.5) is 18.0 Å². The Labute approximate surface area is 77.7 Å². The molecule has 0 aliphatic heterocycles. The summed E-state index contributed by atoms with van der Waals surface area (Å²) in [6, 6.07) is 0. The molecule has 0 aliphatic carbocycles. The molecule has 0 saturated carbocycles. The standard InChI is InChI=1S/C7H8F3NO3/c1-6(14,7(8,9)10)3-2-4-11-5(12)13/h11,14H,4H2,1H3,(H,12,13). The van der Waals surface area contributed by atoms with E-state index in [1.54, 1.807) is 5.32 Å². The molecular weight excluding hydrogens is 203 g/mol. The monoisotopic (exact) mass is 211 g/mol. The van der Waals surface area contributed by atoms with E-state index in [1.807, 2.05) is 5.92 Å². The molecule has 0 rings (SSSR count). The average molecular weight is 211 g/mol. The van der Waals surface area contributed by atoms with Crippen molar-refractivity contribution in [2.75, 3.05) is 6.54 Å². The van der Waals surface area contributed by atoms with Gasteiger partial charge in [-0.3, -0.25) is 0 Å². The predicted octanol–water partition coefficient (Wildman–Crippen LogP) is 0.571.